The largest absolute Gasteiger partial charge is 0.480 e. The standard InChI is InChI=1S/C22H26N4O3/c1-14(22(28)29)26-13-16(17-6-4-5-7-20(17)26)12-25-10-8-18-19(9-11-25)23-15(2)24(3)21(18)27/h4-7,13-14H,8-12H2,1-3H3,(H,28,29)/t14-/m1/s1. The lowest BCUT2D eigenvalue weighted by Gasteiger charge is -2.19. The van der Waals surface area contributed by atoms with Crippen molar-refractivity contribution in [2.75, 3.05) is 13.1 Å². The van der Waals surface area contributed by atoms with Gasteiger partial charge in [-0.25, -0.2) is 9.78 Å². The maximum atomic E-state index is 12.6. The van der Waals surface area contributed by atoms with Crippen molar-refractivity contribution < 1.29 is 9.90 Å². The molecule has 7 heteroatoms. The fraction of sp³-hybridized carbons (Fsp3) is 0.409. The van der Waals surface area contributed by atoms with Gasteiger partial charge >= 0.3 is 5.97 Å². The fourth-order valence-electron chi connectivity index (χ4n) is 4.16. The van der Waals surface area contributed by atoms with Crippen LogP contribution in [0.3, 0.4) is 0 Å². The second-order valence-electron chi connectivity index (χ2n) is 7.82. The SMILES string of the molecule is Cc1nc2c(c(=O)n1C)CCN(Cc1cn([C@H](C)C(=O)O)c3ccccc13)CC2. The van der Waals surface area contributed by atoms with Gasteiger partial charge in [0.25, 0.3) is 5.56 Å². The maximum Gasteiger partial charge on any atom is 0.326 e. The van der Waals surface area contributed by atoms with E-state index in [0.29, 0.717) is 13.0 Å². The Morgan fingerprint density at radius 1 is 1.24 bits per heavy atom. The molecule has 7 nitrogen and oxygen atoms in total. The molecule has 0 amide bonds. The van der Waals surface area contributed by atoms with Gasteiger partial charge in [-0.1, -0.05) is 18.2 Å². The van der Waals surface area contributed by atoms with Gasteiger partial charge in [-0.15, -0.1) is 0 Å². The van der Waals surface area contributed by atoms with E-state index in [-0.39, 0.29) is 5.56 Å². The molecule has 0 unspecified atom stereocenters. The lowest BCUT2D eigenvalue weighted by atomic mass is 10.1. The molecular formula is C22H26N4O3. The molecule has 0 fully saturated rings. The number of hydrogen-bond donors (Lipinski definition) is 1. The first kappa shape index (κ1) is 19.4. The summed E-state index contributed by atoms with van der Waals surface area (Å²) in [6.07, 6.45) is 3.39. The van der Waals surface area contributed by atoms with Crippen LogP contribution in [0, 0.1) is 6.92 Å². The highest BCUT2D eigenvalue weighted by Gasteiger charge is 2.22. The minimum absolute atomic E-state index is 0.0567. The molecule has 0 bridgehead atoms. The van der Waals surface area contributed by atoms with E-state index >= 15 is 0 Å². The molecule has 0 saturated heterocycles. The van der Waals surface area contributed by atoms with Gasteiger partial charge in [0, 0.05) is 55.8 Å². The summed E-state index contributed by atoms with van der Waals surface area (Å²) in [7, 11) is 1.77. The summed E-state index contributed by atoms with van der Waals surface area (Å²) in [6, 6.07) is 7.30. The summed E-state index contributed by atoms with van der Waals surface area (Å²) < 4.78 is 3.45. The van der Waals surface area contributed by atoms with Crippen LogP contribution in [-0.4, -0.2) is 43.2 Å². The first-order valence-corrected chi connectivity index (χ1v) is 9.95. The molecule has 0 aliphatic carbocycles. The van der Waals surface area contributed by atoms with Gasteiger partial charge in [0.1, 0.15) is 11.9 Å². The highest BCUT2D eigenvalue weighted by atomic mass is 16.4. The Bertz CT molecular complexity index is 1140. The number of carboxylic acid groups (broad SMARTS) is 1. The molecule has 1 atom stereocenters. The van der Waals surface area contributed by atoms with Gasteiger partial charge in [-0.3, -0.25) is 14.3 Å². The number of para-hydroxylation sites is 1. The van der Waals surface area contributed by atoms with Gasteiger partial charge in [0.2, 0.25) is 0 Å². The first-order valence-electron chi connectivity index (χ1n) is 9.95. The molecule has 1 aliphatic rings. The van der Waals surface area contributed by atoms with Crippen LogP contribution >= 0.6 is 0 Å². The molecule has 3 heterocycles. The Kier molecular flexibility index (Phi) is 5.00. The summed E-state index contributed by atoms with van der Waals surface area (Å²) in [6.45, 7) is 5.88. The normalized spacial score (nSPS) is 15.8. The van der Waals surface area contributed by atoms with Crippen molar-refractivity contribution in [3.05, 3.63) is 63.5 Å². The van der Waals surface area contributed by atoms with Crippen LogP contribution in [0.4, 0.5) is 0 Å². The first-order chi connectivity index (χ1) is 13.9. The zero-order valence-electron chi connectivity index (χ0n) is 17.1. The van der Waals surface area contributed by atoms with Crippen molar-refractivity contribution >= 4 is 16.9 Å². The quantitative estimate of drug-likeness (QED) is 0.734. The smallest absolute Gasteiger partial charge is 0.326 e. The molecule has 29 heavy (non-hydrogen) atoms. The molecular weight excluding hydrogens is 368 g/mol. The van der Waals surface area contributed by atoms with Gasteiger partial charge in [0.15, 0.2) is 0 Å². The summed E-state index contributed by atoms with van der Waals surface area (Å²) in [5.41, 5.74) is 3.83. The Balaban J connectivity index is 1.62. The summed E-state index contributed by atoms with van der Waals surface area (Å²) in [5.74, 6) is -0.104. The molecule has 3 aromatic rings. The molecule has 2 aromatic heterocycles. The lowest BCUT2D eigenvalue weighted by molar-refractivity contribution is -0.140. The topological polar surface area (TPSA) is 80.4 Å². The van der Waals surface area contributed by atoms with E-state index < -0.39 is 12.0 Å². The minimum atomic E-state index is -0.847. The van der Waals surface area contributed by atoms with E-state index in [1.807, 2.05) is 42.0 Å². The van der Waals surface area contributed by atoms with E-state index in [1.165, 1.54) is 0 Å². The predicted molar refractivity (Wildman–Crippen MR) is 111 cm³/mol. The van der Waals surface area contributed by atoms with Gasteiger partial charge < -0.3 is 9.67 Å². The molecule has 0 saturated carbocycles. The number of aromatic nitrogens is 3. The summed E-state index contributed by atoms with van der Waals surface area (Å²) in [4.78, 5) is 31.1. The number of fused-ring (bicyclic) bond motifs is 2. The number of aliphatic carboxylic acids is 1. The van der Waals surface area contributed by atoms with Crippen LogP contribution in [0.1, 0.15) is 35.6 Å². The number of rotatable bonds is 4. The van der Waals surface area contributed by atoms with E-state index in [9.17, 15) is 14.7 Å². The number of nitrogens with zero attached hydrogens (tertiary/aromatic N) is 4. The van der Waals surface area contributed by atoms with Gasteiger partial charge in [-0.2, -0.15) is 0 Å². The zero-order valence-corrected chi connectivity index (χ0v) is 17.1. The Labute approximate surface area is 169 Å². The van der Waals surface area contributed by atoms with Gasteiger partial charge in [0.05, 0.1) is 5.69 Å². The minimum Gasteiger partial charge on any atom is -0.480 e. The number of benzene rings is 1. The molecule has 1 aliphatic heterocycles. The van der Waals surface area contributed by atoms with Crippen LogP contribution in [0.15, 0.2) is 35.3 Å². The number of carbonyl (C=O) groups is 1. The van der Waals surface area contributed by atoms with Crippen molar-refractivity contribution in [1.29, 1.82) is 0 Å². The average molecular weight is 394 g/mol. The van der Waals surface area contributed by atoms with Crippen LogP contribution in [0.2, 0.25) is 0 Å². The van der Waals surface area contributed by atoms with Crippen LogP contribution in [0.25, 0.3) is 10.9 Å². The number of aryl methyl sites for hydroxylation is 1. The average Bonchev–Trinajstić information content (AvgIpc) is 2.94. The third-order valence-corrected chi connectivity index (χ3v) is 6.03. The van der Waals surface area contributed by atoms with Crippen LogP contribution in [-0.2, 0) is 31.2 Å². The highest BCUT2D eigenvalue weighted by molar-refractivity contribution is 5.86. The van der Waals surface area contributed by atoms with Crippen molar-refractivity contribution in [3.63, 3.8) is 0 Å². The molecule has 1 N–H and O–H groups in total. The monoisotopic (exact) mass is 394 g/mol. The third kappa shape index (κ3) is 3.46. The Morgan fingerprint density at radius 2 is 1.97 bits per heavy atom. The predicted octanol–water partition coefficient (Wildman–Crippen LogP) is 2.29. The molecule has 4 rings (SSSR count). The Morgan fingerprint density at radius 3 is 2.72 bits per heavy atom. The highest BCUT2D eigenvalue weighted by Crippen LogP contribution is 2.26. The second-order valence-corrected chi connectivity index (χ2v) is 7.82. The zero-order chi connectivity index (χ0) is 20.7. The second kappa shape index (κ2) is 7.48. The summed E-state index contributed by atoms with van der Waals surface area (Å²) in [5, 5.41) is 10.5. The van der Waals surface area contributed by atoms with E-state index in [4.69, 9.17) is 0 Å². The number of carboxylic acids is 1. The number of hydrogen-bond acceptors (Lipinski definition) is 4. The maximum absolute atomic E-state index is 12.6. The van der Waals surface area contributed by atoms with Gasteiger partial charge in [-0.05, 0) is 31.9 Å². The van der Waals surface area contributed by atoms with E-state index in [2.05, 4.69) is 9.88 Å². The van der Waals surface area contributed by atoms with Crippen molar-refractivity contribution in [1.82, 2.24) is 19.0 Å². The Hall–Kier alpha value is -2.93. The van der Waals surface area contributed by atoms with Crippen molar-refractivity contribution in [3.8, 4) is 0 Å². The van der Waals surface area contributed by atoms with Crippen molar-refractivity contribution in [2.24, 2.45) is 7.05 Å². The third-order valence-electron chi connectivity index (χ3n) is 6.03. The molecule has 0 spiro atoms. The van der Waals surface area contributed by atoms with E-state index in [0.717, 1.165) is 53.1 Å². The lowest BCUT2D eigenvalue weighted by Crippen LogP contribution is -2.28. The molecule has 152 valence electrons. The summed E-state index contributed by atoms with van der Waals surface area (Å²) >= 11 is 0. The molecule has 0 radical (unpaired) electrons. The van der Waals surface area contributed by atoms with Crippen molar-refractivity contribution in [2.45, 2.75) is 39.3 Å². The van der Waals surface area contributed by atoms with E-state index in [1.54, 1.807) is 18.5 Å². The molecule has 1 aromatic carbocycles. The van der Waals surface area contributed by atoms with Crippen LogP contribution < -0.4 is 5.56 Å². The fourth-order valence-corrected chi connectivity index (χ4v) is 4.16. The van der Waals surface area contributed by atoms with Crippen LogP contribution in [0.5, 0.6) is 0 Å².